The van der Waals surface area contributed by atoms with Crippen LogP contribution in [0.1, 0.15) is 34.1 Å². The van der Waals surface area contributed by atoms with Crippen LogP contribution in [0, 0.1) is 35.5 Å². The van der Waals surface area contributed by atoms with Gasteiger partial charge in [-0.3, -0.25) is 4.79 Å². The number of amides is 1. The van der Waals surface area contributed by atoms with Gasteiger partial charge in [0.1, 0.15) is 0 Å². The van der Waals surface area contributed by atoms with Crippen LogP contribution < -0.4 is 5.32 Å². The molecule has 0 unspecified atom stereocenters. The zero-order valence-corrected chi connectivity index (χ0v) is 17.4. The van der Waals surface area contributed by atoms with Crippen molar-refractivity contribution in [3.05, 3.63) is 66.3 Å². The van der Waals surface area contributed by atoms with E-state index in [9.17, 15) is 9.90 Å². The van der Waals surface area contributed by atoms with Crippen LogP contribution in [0.15, 0.2) is 66.3 Å². The Morgan fingerprint density at radius 1 is 1.14 bits per heavy atom. The number of aliphatic hydroxyl groups is 1. The second-order valence-electron chi connectivity index (χ2n) is 8.68. The molecule has 0 spiro atoms. The molecular weight excluding hydrogens is 346 g/mol. The monoisotopic (exact) mass is 379 g/mol. The Labute approximate surface area is 169 Å². The first kappa shape index (κ1) is 20.6. The van der Waals surface area contributed by atoms with Gasteiger partial charge in [-0.2, -0.15) is 0 Å². The van der Waals surface area contributed by atoms with E-state index in [1.54, 1.807) is 0 Å². The second kappa shape index (κ2) is 8.91. The fraction of sp³-hybridized carbons (Fsp3) is 0.480. The Bertz CT molecular complexity index is 764. The average Bonchev–Trinajstić information content (AvgIpc) is 2.68. The highest BCUT2D eigenvalue weighted by molar-refractivity contribution is 6.03. The first-order valence-corrected chi connectivity index (χ1v) is 10.5. The van der Waals surface area contributed by atoms with E-state index < -0.39 is 0 Å². The maximum absolute atomic E-state index is 12.4. The molecule has 150 valence electrons. The molecule has 0 aliphatic heterocycles. The molecule has 0 bridgehead atoms. The first-order valence-electron chi connectivity index (χ1n) is 10.5. The molecule has 0 saturated heterocycles. The van der Waals surface area contributed by atoms with Crippen molar-refractivity contribution in [3.63, 3.8) is 0 Å². The van der Waals surface area contributed by atoms with Gasteiger partial charge in [-0.05, 0) is 61.0 Å². The predicted octanol–water partition coefficient (Wildman–Crippen LogP) is 5.22. The fourth-order valence-electron chi connectivity index (χ4n) is 4.96. The molecule has 0 heterocycles. The number of hydrogen-bond donors (Lipinski definition) is 2. The molecule has 3 heteroatoms. The summed E-state index contributed by atoms with van der Waals surface area (Å²) in [5, 5.41) is 13.5. The molecular formula is C25H33NO2. The summed E-state index contributed by atoms with van der Waals surface area (Å²) < 4.78 is 0. The zero-order chi connectivity index (χ0) is 20.3. The highest BCUT2D eigenvalue weighted by Gasteiger charge is 2.44. The highest BCUT2D eigenvalue weighted by atomic mass is 16.3. The van der Waals surface area contributed by atoms with Gasteiger partial charge in [0.2, 0.25) is 0 Å². The third-order valence-corrected chi connectivity index (χ3v) is 6.65. The summed E-state index contributed by atoms with van der Waals surface area (Å²) in [4.78, 5) is 12.4. The molecule has 3 nitrogen and oxygen atoms in total. The standard InChI is InChI=1S/C25H33NO2/c1-16-13-14-20-15-18(3)24(27)19(4)23(20)22(16)12-8-9-17(2)25(28)26-21-10-6-5-7-11-21/h5-14,16,18-20,22-24,27H,15H2,1-4H3,(H,26,28)/b12-8+,17-9+/t16-,18-,19+,20+,22+,23-,24+/m1/s1. The number of rotatable bonds is 4. The summed E-state index contributed by atoms with van der Waals surface area (Å²) in [7, 11) is 0. The van der Waals surface area contributed by atoms with E-state index in [0.717, 1.165) is 12.1 Å². The van der Waals surface area contributed by atoms with Crippen LogP contribution in [0.4, 0.5) is 5.69 Å². The lowest BCUT2D eigenvalue weighted by Crippen LogP contribution is -2.46. The molecule has 1 aromatic rings. The van der Waals surface area contributed by atoms with Crippen molar-refractivity contribution in [1.29, 1.82) is 0 Å². The molecule has 3 rings (SSSR count). The summed E-state index contributed by atoms with van der Waals surface area (Å²) in [6, 6.07) is 9.51. The molecule has 0 aromatic heterocycles. The Morgan fingerprint density at radius 2 is 1.86 bits per heavy atom. The quantitative estimate of drug-likeness (QED) is 0.428. The van der Waals surface area contributed by atoms with E-state index in [4.69, 9.17) is 0 Å². The molecule has 7 atom stereocenters. The van der Waals surface area contributed by atoms with Gasteiger partial charge in [0.05, 0.1) is 6.10 Å². The molecule has 2 aliphatic carbocycles. The number of para-hydroxylation sites is 1. The molecule has 1 saturated carbocycles. The number of anilines is 1. The lowest BCUT2D eigenvalue weighted by atomic mass is 9.58. The van der Waals surface area contributed by atoms with Gasteiger partial charge in [-0.15, -0.1) is 0 Å². The Hall–Kier alpha value is -2.13. The number of nitrogens with one attached hydrogen (secondary N) is 1. The summed E-state index contributed by atoms with van der Waals surface area (Å²) in [6.45, 7) is 8.44. The van der Waals surface area contributed by atoms with E-state index in [1.165, 1.54) is 0 Å². The van der Waals surface area contributed by atoms with E-state index in [2.05, 4.69) is 44.3 Å². The van der Waals surface area contributed by atoms with Crippen molar-refractivity contribution in [1.82, 2.24) is 0 Å². The highest BCUT2D eigenvalue weighted by Crippen LogP contribution is 2.48. The summed E-state index contributed by atoms with van der Waals surface area (Å²) >= 11 is 0. The van der Waals surface area contributed by atoms with Gasteiger partial charge in [-0.25, -0.2) is 0 Å². The van der Waals surface area contributed by atoms with Crippen molar-refractivity contribution >= 4 is 11.6 Å². The van der Waals surface area contributed by atoms with Gasteiger partial charge in [0.15, 0.2) is 0 Å². The molecule has 1 amide bonds. The smallest absolute Gasteiger partial charge is 0.251 e. The van der Waals surface area contributed by atoms with Crippen molar-refractivity contribution < 1.29 is 9.90 Å². The normalized spacial score (nSPS) is 35.6. The van der Waals surface area contributed by atoms with Crippen molar-refractivity contribution in [2.45, 2.75) is 40.2 Å². The lowest BCUT2D eigenvalue weighted by Gasteiger charge is -2.48. The molecule has 0 radical (unpaired) electrons. The number of carbonyl (C=O) groups is 1. The van der Waals surface area contributed by atoms with E-state index in [-0.39, 0.29) is 17.9 Å². The molecule has 2 aliphatic rings. The van der Waals surface area contributed by atoms with Crippen LogP contribution in [-0.4, -0.2) is 17.1 Å². The van der Waals surface area contributed by atoms with Crippen molar-refractivity contribution in [3.8, 4) is 0 Å². The lowest BCUT2D eigenvalue weighted by molar-refractivity contribution is -0.112. The largest absolute Gasteiger partial charge is 0.393 e. The van der Waals surface area contributed by atoms with Gasteiger partial charge in [0.25, 0.3) is 5.91 Å². The molecule has 1 fully saturated rings. The maximum Gasteiger partial charge on any atom is 0.251 e. The number of allylic oxidation sites excluding steroid dienone is 5. The van der Waals surface area contributed by atoms with Crippen molar-refractivity contribution in [2.75, 3.05) is 5.32 Å². The number of hydrogen-bond acceptors (Lipinski definition) is 2. The van der Waals surface area contributed by atoms with Crippen molar-refractivity contribution in [2.24, 2.45) is 35.5 Å². The van der Waals surface area contributed by atoms with Crippen LogP contribution in [0.3, 0.4) is 0 Å². The topological polar surface area (TPSA) is 49.3 Å². The minimum Gasteiger partial charge on any atom is -0.393 e. The summed E-state index contributed by atoms with van der Waals surface area (Å²) in [6.07, 6.45) is 11.7. The number of carbonyl (C=O) groups excluding carboxylic acids is 1. The van der Waals surface area contributed by atoms with Crippen LogP contribution in [0.2, 0.25) is 0 Å². The average molecular weight is 380 g/mol. The Balaban J connectivity index is 1.70. The van der Waals surface area contributed by atoms with Gasteiger partial charge < -0.3 is 10.4 Å². The van der Waals surface area contributed by atoms with Gasteiger partial charge in [-0.1, -0.05) is 69.4 Å². The minimum absolute atomic E-state index is 0.0828. The first-order chi connectivity index (χ1) is 13.4. The zero-order valence-electron chi connectivity index (χ0n) is 17.4. The summed E-state index contributed by atoms with van der Waals surface area (Å²) in [5.41, 5.74) is 1.48. The van der Waals surface area contributed by atoms with Gasteiger partial charge in [0, 0.05) is 11.3 Å². The third-order valence-electron chi connectivity index (χ3n) is 6.65. The molecule has 1 aromatic carbocycles. The van der Waals surface area contributed by atoms with Crippen LogP contribution in [0.25, 0.3) is 0 Å². The van der Waals surface area contributed by atoms with Crippen LogP contribution >= 0.6 is 0 Å². The third kappa shape index (κ3) is 4.47. The minimum atomic E-state index is -0.232. The predicted molar refractivity (Wildman–Crippen MR) is 116 cm³/mol. The number of benzene rings is 1. The second-order valence-corrected chi connectivity index (χ2v) is 8.68. The molecule has 28 heavy (non-hydrogen) atoms. The van der Waals surface area contributed by atoms with E-state index in [0.29, 0.717) is 35.2 Å². The van der Waals surface area contributed by atoms with E-state index in [1.807, 2.05) is 49.4 Å². The SMILES string of the molecule is C/C(=C\C=C\[C@@H]1[C@@H]2[C@H](C)[C@@H](O)[C@H](C)C[C@@H]2C=C[C@H]1C)C(=O)Nc1ccccc1. The Morgan fingerprint density at radius 3 is 2.57 bits per heavy atom. The maximum atomic E-state index is 12.4. The van der Waals surface area contributed by atoms with Gasteiger partial charge >= 0.3 is 0 Å². The number of aliphatic hydroxyl groups excluding tert-OH is 1. The Kier molecular flexibility index (Phi) is 6.56. The number of fused-ring (bicyclic) bond motifs is 1. The summed E-state index contributed by atoms with van der Waals surface area (Å²) in [5.74, 6) is 2.35. The van der Waals surface area contributed by atoms with Crippen LogP contribution in [0.5, 0.6) is 0 Å². The molecule has 2 N–H and O–H groups in total. The van der Waals surface area contributed by atoms with Crippen LogP contribution in [-0.2, 0) is 4.79 Å². The fourth-order valence-corrected chi connectivity index (χ4v) is 4.96. The van der Waals surface area contributed by atoms with E-state index >= 15 is 0 Å².